The van der Waals surface area contributed by atoms with Crippen LogP contribution in [0, 0.1) is 0 Å². The fourth-order valence-corrected chi connectivity index (χ4v) is 2.52. The molecule has 2 aromatic rings. The summed E-state index contributed by atoms with van der Waals surface area (Å²) in [5.74, 6) is 0.205. The summed E-state index contributed by atoms with van der Waals surface area (Å²) in [4.78, 5) is 28.0. The number of aliphatic hydroxyl groups excluding tert-OH is 2. The Kier molecular flexibility index (Phi) is 4.57. The van der Waals surface area contributed by atoms with Crippen LogP contribution in [0.15, 0.2) is 12.7 Å². The van der Waals surface area contributed by atoms with Crippen LogP contribution in [0.3, 0.4) is 0 Å². The second-order valence-corrected chi connectivity index (χ2v) is 5.26. The van der Waals surface area contributed by atoms with E-state index in [2.05, 4.69) is 15.0 Å². The Hall–Kier alpha value is -2.34. The van der Waals surface area contributed by atoms with E-state index in [1.165, 1.54) is 17.2 Å². The van der Waals surface area contributed by atoms with Gasteiger partial charge in [-0.15, -0.1) is 0 Å². The van der Waals surface area contributed by atoms with Gasteiger partial charge in [0.15, 0.2) is 17.7 Å². The van der Waals surface area contributed by atoms with Gasteiger partial charge in [-0.25, -0.2) is 20.0 Å². The minimum Gasteiger partial charge on any atom is -0.387 e. The third kappa shape index (κ3) is 2.78. The van der Waals surface area contributed by atoms with E-state index >= 15 is 0 Å². The van der Waals surface area contributed by atoms with Gasteiger partial charge in [0.25, 0.3) is 0 Å². The first-order chi connectivity index (χ1) is 11.6. The van der Waals surface area contributed by atoms with Gasteiger partial charge in [-0.2, -0.15) is 0 Å². The molecule has 0 spiro atoms. The molecule has 130 valence electrons. The minimum absolute atomic E-state index is 0.0922. The van der Waals surface area contributed by atoms with Gasteiger partial charge in [-0.3, -0.25) is 14.2 Å². The van der Waals surface area contributed by atoms with Crippen LogP contribution in [0.2, 0.25) is 0 Å². The standard InChI is InChI=1S/C13H18N6O5/c1-2-18(6-20)23-3-7-9(21)10(22)13(24-7)19-5-17-8-11(14)15-4-16-12(8)19/h4-7,9-10,13,21-22H,2-3H2,1H3,(H2,14,15,16)/t7-,9?,10?,13-/m1/s1. The van der Waals surface area contributed by atoms with Crippen molar-refractivity contribution in [3.05, 3.63) is 12.7 Å². The van der Waals surface area contributed by atoms with E-state index < -0.39 is 24.5 Å². The normalized spacial score (nSPS) is 26.8. The molecule has 1 amide bonds. The molecule has 4 atom stereocenters. The average Bonchev–Trinajstić information content (AvgIpc) is 3.13. The molecule has 2 aromatic heterocycles. The number of ether oxygens (including phenoxy) is 1. The predicted octanol–water partition coefficient (Wildman–Crippen LogP) is -1.56. The maximum atomic E-state index is 10.7. The van der Waals surface area contributed by atoms with Crippen molar-refractivity contribution in [2.45, 2.75) is 31.5 Å². The Morgan fingerprint density at radius 1 is 1.42 bits per heavy atom. The largest absolute Gasteiger partial charge is 0.387 e. The van der Waals surface area contributed by atoms with E-state index in [-0.39, 0.29) is 12.4 Å². The molecule has 1 fully saturated rings. The summed E-state index contributed by atoms with van der Waals surface area (Å²) in [6, 6.07) is 0. The molecule has 24 heavy (non-hydrogen) atoms. The number of rotatable bonds is 6. The van der Waals surface area contributed by atoms with Crippen molar-refractivity contribution < 1.29 is 24.6 Å². The van der Waals surface area contributed by atoms with Crippen molar-refractivity contribution in [2.75, 3.05) is 18.9 Å². The van der Waals surface area contributed by atoms with Gasteiger partial charge in [0.2, 0.25) is 6.41 Å². The number of hydrogen-bond donors (Lipinski definition) is 3. The number of carbonyl (C=O) groups is 1. The summed E-state index contributed by atoms with van der Waals surface area (Å²) in [6.07, 6.45) is -0.954. The summed E-state index contributed by atoms with van der Waals surface area (Å²) in [6.45, 7) is 1.99. The van der Waals surface area contributed by atoms with Crippen LogP contribution in [-0.2, 0) is 14.4 Å². The molecule has 0 aliphatic carbocycles. The Bertz CT molecular complexity index is 724. The molecule has 11 heteroatoms. The zero-order valence-electron chi connectivity index (χ0n) is 12.9. The molecular weight excluding hydrogens is 320 g/mol. The summed E-state index contributed by atoms with van der Waals surface area (Å²) < 4.78 is 7.14. The van der Waals surface area contributed by atoms with Crippen molar-refractivity contribution in [1.29, 1.82) is 0 Å². The molecule has 3 heterocycles. The SMILES string of the molecule is CCN(C=O)OC[C@H]1O[C@@H](n2cnc3c(N)ncnc32)C(O)C1O. The Balaban J connectivity index is 1.79. The minimum atomic E-state index is -1.22. The fraction of sp³-hybridized carbons (Fsp3) is 0.538. The zero-order chi connectivity index (χ0) is 17.3. The quantitative estimate of drug-likeness (QED) is 0.420. The summed E-state index contributed by atoms with van der Waals surface area (Å²) in [5, 5.41) is 21.5. The molecule has 0 aromatic carbocycles. The number of anilines is 1. The van der Waals surface area contributed by atoms with Crippen molar-refractivity contribution >= 4 is 23.4 Å². The molecule has 4 N–H and O–H groups in total. The van der Waals surface area contributed by atoms with Gasteiger partial charge in [0.1, 0.15) is 36.8 Å². The molecule has 0 bridgehead atoms. The van der Waals surface area contributed by atoms with E-state index in [4.69, 9.17) is 15.3 Å². The number of nitrogens with two attached hydrogens (primary N) is 1. The molecule has 0 radical (unpaired) electrons. The van der Waals surface area contributed by atoms with Gasteiger partial charge in [-0.05, 0) is 6.92 Å². The topological polar surface area (TPSA) is 149 Å². The van der Waals surface area contributed by atoms with Crippen molar-refractivity contribution in [1.82, 2.24) is 24.6 Å². The van der Waals surface area contributed by atoms with Crippen LogP contribution in [0.25, 0.3) is 11.2 Å². The van der Waals surface area contributed by atoms with Gasteiger partial charge < -0.3 is 20.7 Å². The number of nitrogen functional groups attached to an aromatic ring is 1. The van der Waals surface area contributed by atoms with E-state index in [1.54, 1.807) is 6.92 Å². The number of hydroxylamine groups is 2. The van der Waals surface area contributed by atoms with Gasteiger partial charge in [0.05, 0.1) is 6.33 Å². The maximum absolute atomic E-state index is 10.7. The van der Waals surface area contributed by atoms with E-state index in [9.17, 15) is 15.0 Å². The molecule has 2 unspecified atom stereocenters. The first-order valence-electron chi connectivity index (χ1n) is 7.36. The first-order valence-corrected chi connectivity index (χ1v) is 7.36. The highest BCUT2D eigenvalue weighted by atomic mass is 16.7. The Morgan fingerprint density at radius 2 is 2.21 bits per heavy atom. The lowest BCUT2D eigenvalue weighted by atomic mass is 10.1. The fourth-order valence-electron chi connectivity index (χ4n) is 2.52. The lowest BCUT2D eigenvalue weighted by Crippen LogP contribution is -2.36. The Morgan fingerprint density at radius 3 is 2.92 bits per heavy atom. The molecule has 0 saturated carbocycles. The molecule has 11 nitrogen and oxygen atoms in total. The monoisotopic (exact) mass is 338 g/mol. The van der Waals surface area contributed by atoms with Crippen LogP contribution in [0.1, 0.15) is 13.2 Å². The van der Waals surface area contributed by atoms with E-state index in [0.29, 0.717) is 24.1 Å². The number of aromatic nitrogens is 4. The van der Waals surface area contributed by atoms with Gasteiger partial charge >= 0.3 is 0 Å². The van der Waals surface area contributed by atoms with Gasteiger partial charge in [0, 0.05) is 6.54 Å². The third-order valence-electron chi connectivity index (χ3n) is 3.83. The first kappa shape index (κ1) is 16.5. The number of carbonyl (C=O) groups excluding carboxylic acids is 1. The van der Waals surface area contributed by atoms with Crippen LogP contribution in [0.5, 0.6) is 0 Å². The number of nitrogens with zero attached hydrogens (tertiary/aromatic N) is 5. The number of imidazole rings is 1. The highest BCUT2D eigenvalue weighted by Crippen LogP contribution is 2.32. The second kappa shape index (κ2) is 6.65. The summed E-state index contributed by atoms with van der Waals surface area (Å²) in [5.41, 5.74) is 6.48. The van der Waals surface area contributed by atoms with Crippen LogP contribution >= 0.6 is 0 Å². The summed E-state index contributed by atoms with van der Waals surface area (Å²) >= 11 is 0. The zero-order valence-corrected chi connectivity index (χ0v) is 12.9. The highest BCUT2D eigenvalue weighted by Gasteiger charge is 2.44. The number of aliphatic hydroxyl groups is 2. The molecule has 1 aliphatic rings. The highest BCUT2D eigenvalue weighted by molar-refractivity contribution is 5.81. The van der Waals surface area contributed by atoms with Crippen molar-refractivity contribution in [3.63, 3.8) is 0 Å². The average molecular weight is 338 g/mol. The van der Waals surface area contributed by atoms with Crippen LogP contribution in [0.4, 0.5) is 5.82 Å². The summed E-state index contributed by atoms with van der Waals surface area (Å²) in [7, 11) is 0. The van der Waals surface area contributed by atoms with Gasteiger partial charge in [-0.1, -0.05) is 0 Å². The van der Waals surface area contributed by atoms with E-state index in [0.717, 1.165) is 5.06 Å². The number of amides is 1. The Labute approximate surface area is 136 Å². The molecule has 1 saturated heterocycles. The van der Waals surface area contributed by atoms with Crippen LogP contribution < -0.4 is 5.73 Å². The predicted molar refractivity (Wildman–Crippen MR) is 80.1 cm³/mol. The molecule has 3 rings (SSSR count). The van der Waals surface area contributed by atoms with Crippen molar-refractivity contribution in [2.24, 2.45) is 0 Å². The lowest BCUT2D eigenvalue weighted by Gasteiger charge is -2.19. The van der Waals surface area contributed by atoms with E-state index in [1.807, 2.05) is 0 Å². The molecule has 1 aliphatic heterocycles. The number of hydrogen-bond acceptors (Lipinski definition) is 9. The number of fused-ring (bicyclic) bond motifs is 1. The van der Waals surface area contributed by atoms with Crippen LogP contribution in [-0.4, -0.2) is 72.7 Å². The molecular formula is C13H18N6O5. The second-order valence-electron chi connectivity index (χ2n) is 5.26. The lowest BCUT2D eigenvalue weighted by molar-refractivity contribution is -0.189. The third-order valence-corrected chi connectivity index (χ3v) is 3.83. The smallest absolute Gasteiger partial charge is 0.233 e. The van der Waals surface area contributed by atoms with Crippen molar-refractivity contribution in [3.8, 4) is 0 Å². The maximum Gasteiger partial charge on any atom is 0.233 e.